The molecule has 0 aliphatic heterocycles. The highest BCUT2D eigenvalue weighted by molar-refractivity contribution is 6.33. The van der Waals surface area contributed by atoms with Crippen LogP contribution < -0.4 is 20.5 Å². The zero-order valence-electron chi connectivity index (χ0n) is 21.5. The van der Waals surface area contributed by atoms with E-state index in [1.807, 2.05) is 45.4 Å². The number of nitrogens with one attached hydrogen (secondary N) is 1. The Morgan fingerprint density at radius 1 is 1.16 bits per heavy atom. The van der Waals surface area contributed by atoms with Crippen LogP contribution >= 0.6 is 11.6 Å². The van der Waals surface area contributed by atoms with Gasteiger partial charge in [0.25, 0.3) is 5.56 Å². The van der Waals surface area contributed by atoms with Crippen molar-refractivity contribution < 1.29 is 4.74 Å². The van der Waals surface area contributed by atoms with Gasteiger partial charge in [0.1, 0.15) is 11.4 Å². The predicted molar refractivity (Wildman–Crippen MR) is 151 cm³/mol. The van der Waals surface area contributed by atoms with Gasteiger partial charge in [0, 0.05) is 55.7 Å². The molecular formula is C28H29ClN6O2. The van der Waals surface area contributed by atoms with Crippen LogP contribution in [-0.2, 0) is 7.05 Å². The summed E-state index contributed by atoms with van der Waals surface area (Å²) in [6.07, 6.45) is 7.48. The Balaban J connectivity index is 1.73. The Hall–Kier alpha value is -4.06. The maximum absolute atomic E-state index is 13.4. The van der Waals surface area contributed by atoms with Crippen LogP contribution in [0, 0.1) is 12.3 Å². The van der Waals surface area contributed by atoms with Gasteiger partial charge in [0.2, 0.25) is 5.95 Å². The third-order valence-corrected chi connectivity index (χ3v) is 6.50. The van der Waals surface area contributed by atoms with E-state index in [4.69, 9.17) is 22.8 Å². The highest BCUT2D eigenvalue weighted by Gasteiger charge is 2.19. The van der Waals surface area contributed by atoms with E-state index in [1.54, 1.807) is 38.6 Å². The van der Waals surface area contributed by atoms with E-state index in [1.165, 1.54) is 4.57 Å². The van der Waals surface area contributed by atoms with Gasteiger partial charge in [-0.1, -0.05) is 35.7 Å². The molecule has 0 radical (unpaired) electrons. The lowest BCUT2D eigenvalue weighted by atomic mass is 9.99. The van der Waals surface area contributed by atoms with Crippen LogP contribution in [0.4, 0.5) is 17.3 Å². The van der Waals surface area contributed by atoms with Crippen molar-refractivity contribution in [2.24, 2.45) is 7.05 Å². The second-order valence-electron chi connectivity index (χ2n) is 8.90. The van der Waals surface area contributed by atoms with E-state index >= 15 is 0 Å². The molecule has 190 valence electrons. The molecule has 37 heavy (non-hydrogen) atoms. The van der Waals surface area contributed by atoms with Gasteiger partial charge in [0.05, 0.1) is 29.3 Å². The molecule has 0 aliphatic carbocycles. The molecule has 0 atom stereocenters. The Labute approximate surface area is 221 Å². The summed E-state index contributed by atoms with van der Waals surface area (Å²) in [4.78, 5) is 26.8. The number of hydrogen-bond acceptors (Lipinski definition) is 7. The largest absolute Gasteiger partial charge is 0.494 e. The molecule has 0 saturated heterocycles. The van der Waals surface area contributed by atoms with Crippen molar-refractivity contribution in [2.75, 3.05) is 51.6 Å². The van der Waals surface area contributed by atoms with E-state index < -0.39 is 0 Å². The van der Waals surface area contributed by atoms with Crippen molar-refractivity contribution in [1.82, 2.24) is 19.4 Å². The zero-order chi connectivity index (χ0) is 26.7. The van der Waals surface area contributed by atoms with E-state index in [2.05, 4.69) is 31.0 Å². The number of fused-ring (bicyclic) bond motifs is 1. The number of benzene rings is 2. The minimum Gasteiger partial charge on any atom is -0.494 e. The minimum atomic E-state index is -0.291. The standard InChI is InChI=1S/C28H29ClN6O2/c1-7-19-21-17-30-28(31-23-13-12-18(16-24(23)37-6)34(4)15-14-33(2)3)32-26(21)35(5)27(36)25(19)20-10-8-9-11-22(20)29/h1,8-13,16-17H,14-15H2,2-6H3,(H,30,31,32). The number of hydrogen-bond donors (Lipinski definition) is 1. The second kappa shape index (κ2) is 10.9. The van der Waals surface area contributed by atoms with Crippen molar-refractivity contribution in [3.8, 4) is 29.2 Å². The number of aryl methyl sites for hydroxylation is 1. The first-order valence-electron chi connectivity index (χ1n) is 11.7. The Morgan fingerprint density at radius 3 is 2.59 bits per heavy atom. The van der Waals surface area contributed by atoms with Gasteiger partial charge in [-0.3, -0.25) is 9.36 Å². The fraction of sp³-hybridized carbons (Fsp3) is 0.250. The van der Waals surface area contributed by atoms with Gasteiger partial charge in [-0.2, -0.15) is 4.98 Å². The third kappa shape index (κ3) is 5.24. The number of pyridine rings is 1. The molecule has 4 rings (SSSR count). The quantitative estimate of drug-likeness (QED) is 0.348. The molecule has 2 heterocycles. The summed E-state index contributed by atoms with van der Waals surface area (Å²) in [6.45, 7) is 1.80. The summed E-state index contributed by atoms with van der Waals surface area (Å²) >= 11 is 6.39. The Kier molecular flexibility index (Phi) is 7.67. The number of methoxy groups -OCH3 is 1. The van der Waals surface area contributed by atoms with Crippen molar-refractivity contribution in [1.29, 1.82) is 0 Å². The fourth-order valence-electron chi connectivity index (χ4n) is 4.05. The summed E-state index contributed by atoms with van der Waals surface area (Å²) in [5.41, 5.74) is 3.16. The molecule has 0 fully saturated rings. The first-order valence-corrected chi connectivity index (χ1v) is 12.0. The van der Waals surface area contributed by atoms with E-state index in [0.717, 1.165) is 18.8 Å². The number of terminal acetylenes is 1. The highest BCUT2D eigenvalue weighted by Crippen LogP contribution is 2.33. The first kappa shape index (κ1) is 26.0. The van der Waals surface area contributed by atoms with Gasteiger partial charge in [-0.25, -0.2) is 4.98 Å². The average Bonchev–Trinajstić information content (AvgIpc) is 2.90. The van der Waals surface area contributed by atoms with Crippen LogP contribution in [0.2, 0.25) is 5.02 Å². The normalized spacial score (nSPS) is 11.0. The minimum absolute atomic E-state index is 0.291. The monoisotopic (exact) mass is 516 g/mol. The fourth-order valence-corrected chi connectivity index (χ4v) is 4.28. The molecule has 0 spiro atoms. The summed E-state index contributed by atoms with van der Waals surface area (Å²) in [7, 11) is 9.40. The topological polar surface area (TPSA) is 75.5 Å². The molecular weight excluding hydrogens is 488 g/mol. The number of aromatic nitrogens is 3. The van der Waals surface area contributed by atoms with Gasteiger partial charge in [-0.05, 0) is 32.3 Å². The molecule has 0 saturated carbocycles. The number of rotatable bonds is 8. The van der Waals surface area contributed by atoms with Gasteiger partial charge < -0.3 is 19.9 Å². The Bertz CT molecular complexity index is 1560. The van der Waals surface area contributed by atoms with Crippen LogP contribution in [0.3, 0.4) is 0 Å². The molecule has 0 bridgehead atoms. The third-order valence-electron chi connectivity index (χ3n) is 6.17. The molecule has 0 unspecified atom stereocenters. The molecule has 2 aromatic heterocycles. The predicted octanol–water partition coefficient (Wildman–Crippen LogP) is 4.38. The summed E-state index contributed by atoms with van der Waals surface area (Å²) in [5, 5.41) is 4.23. The van der Waals surface area contributed by atoms with Gasteiger partial charge >= 0.3 is 0 Å². The van der Waals surface area contributed by atoms with Crippen LogP contribution in [0.25, 0.3) is 22.2 Å². The molecule has 0 amide bonds. The molecule has 0 aliphatic rings. The van der Waals surface area contributed by atoms with Crippen molar-refractivity contribution >= 4 is 40.0 Å². The molecule has 8 nitrogen and oxygen atoms in total. The summed E-state index contributed by atoms with van der Waals surface area (Å²) < 4.78 is 7.09. The van der Waals surface area contributed by atoms with E-state index in [0.29, 0.717) is 50.1 Å². The maximum Gasteiger partial charge on any atom is 0.261 e. The number of halogens is 1. The summed E-state index contributed by atoms with van der Waals surface area (Å²) in [5.74, 6) is 3.61. The van der Waals surface area contributed by atoms with Crippen molar-refractivity contribution in [3.63, 3.8) is 0 Å². The van der Waals surface area contributed by atoms with Gasteiger partial charge in [-0.15, -0.1) is 6.42 Å². The van der Waals surface area contributed by atoms with E-state index in [-0.39, 0.29) is 5.56 Å². The number of anilines is 3. The van der Waals surface area contributed by atoms with E-state index in [9.17, 15) is 4.79 Å². The lowest BCUT2D eigenvalue weighted by Crippen LogP contribution is -2.28. The SMILES string of the molecule is C#Cc1c(-c2ccccc2Cl)c(=O)n(C)c2nc(Nc3ccc(N(C)CCN(C)C)cc3OC)ncc12. The first-order chi connectivity index (χ1) is 17.7. The van der Waals surface area contributed by atoms with Crippen molar-refractivity contribution in [2.45, 2.75) is 0 Å². The number of nitrogens with zero attached hydrogens (tertiary/aromatic N) is 5. The maximum atomic E-state index is 13.4. The smallest absolute Gasteiger partial charge is 0.261 e. The lowest BCUT2D eigenvalue weighted by molar-refractivity contribution is 0.413. The number of ether oxygens (including phenoxy) is 1. The van der Waals surface area contributed by atoms with Crippen LogP contribution in [0.1, 0.15) is 5.56 Å². The summed E-state index contributed by atoms with van der Waals surface area (Å²) in [6, 6.07) is 13.0. The van der Waals surface area contributed by atoms with Crippen LogP contribution in [0.5, 0.6) is 5.75 Å². The Morgan fingerprint density at radius 2 is 1.92 bits per heavy atom. The highest BCUT2D eigenvalue weighted by atomic mass is 35.5. The van der Waals surface area contributed by atoms with Crippen molar-refractivity contribution in [3.05, 3.63) is 69.6 Å². The molecule has 1 N–H and O–H groups in total. The number of likely N-dealkylation sites (N-methyl/N-ethyl adjacent to an activating group) is 2. The molecule has 9 heteroatoms. The van der Waals surface area contributed by atoms with Crippen LogP contribution in [0.15, 0.2) is 53.5 Å². The average molecular weight is 517 g/mol. The zero-order valence-corrected chi connectivity index (χ0v) is 22.3. The lowest BCUT2D eigenvalue weighted by Gasteiger charge is -2.23. The van der Waals surface area contributed by atoms with Gasteiger partial charge in [0.15, 0.2) is 0 Å². The molecule has 4 aromatic rings. The second-order valence-corrected chi connectivity index (χ2v) is 9.31. The molecule has 2 aromatic carbocycles. The van der Waals surface area contributed by atoms with Crippen LogP contribution in [-0.4, -0.2) is 60.8 Å².